The SMILES string of the molecule is COc1ccc(S(=O)(=O)N(CC(C)C)C[C@@H](O)[C@H](Cc2ccccc2)N(C)C(=O)OCc2ccc(N)nc2)cc1. The average molecular weight is 571 g/mol. The first-order chi connectivity index (χ1) is 19.0. The summed E-state index contributed by atoms with van der Waals surface area (Å²) in [7, 11) is -0.914. The van der Waals surface area contributed by atoms with Gasteiger partial charge in [-0.1, -0.05) is 50.2 Å². The minimum absolute atomic E-state index is 0.0102. The van der Waals surface area contributed by atoms with Gasteiger partial charge in [0.1, 0.15) is 18.2 Å². The monoisotopic (exact) mass is 570 g/mol. The van der Waals surface area contributed by atoms with Crippen LogP contribution in [-0.2, 0) is 27.8 Å². The number of nitrogen functional groups attached to an aromatic ring is 1. The molecule has 216 valence electrons. The van der Waals surface area contributed by atoms with Crippen LogP contribution in [-0.4, -0.2) is 73.2 Å². The molecule has 0 saturated heterocycles. The predicted octanol–water partition coefficient (Wildman–Crippen LogP) is 3.56. The first-order valence-corrected chi connectivity index (χ1v) is 14.4. The molecular formula is C29H38N4O6S. The van der Waals surface area contributed by atoms with Gasteiger partial charge in [-0.15, -0.1) is 0 Å². The maximum atomic E-state index is 13.6. The van der Waals surface area contributed by atoms with Crippen molar-refractivity contribution >= 4 is 21.9 Å². The molecular weight excluding hydrogens is 532 g/mol. The van der Waals surface area contributed by atoms with E-state index < -0.39 is 28.3 Å². The molecule has 0 aliphatic heterocycles. The maximum absolute atomic E-state index is 13.6. The quantitative estimate of drug-likeness (QED) is 0.319. The van der Waals surface area contributed by atoms with E-state index in [0.717, 1.165) is 5.56 Å². The van der Waals surface area contributed by atoms with E-state index in [-0.39, 0.29) is 36.9 Å². The summed E-state index contributed by atoms with van der Waals surface area (Å²) in [6.07, 6.45) is -0.0741. The van der Waals surface area contributed by atoms with Crippen LogP contribution in [0, 0.1) is 5.92 Å². The highest BCUT2D eigenvalue weighted by Gasteiger charge is 2.34. The van der Waals surface area contributed by atoms with Crippen molar-refractivity contribution in [3.05, 3.63) is 84.1 Å². The molecule has 2 atom stereocenters. The number of ether oxygens (including phenoxy) is 2. The Morgan fingerprint density at radius 2 is 1.68 bits per heavy atom. The number of rotatable bonds is 13. The van der Waals surface area contributed by atoms with E-state index in [9.17, 15) is 18.3 Å². The normalized spacial score (nSPS) is 13.2. The molecule has 0 aliphatic rings. The van der Waals surface area contributed by atoms with Crippen LogP contribution < -0.4 is 10.5 Å². The summed E-state index contributed by atoms with van der Waals surface area (Å²) < 4.78 is 39.1. The lowest BCUT2D eigenvalue weighted by molar-refractivity contribution is 0.0332. The molecule has 1 heterocycles. The molecule has 0 aliphatic carbocycles. The summed E-state index contributed by atoms with van der Waals surface area (Å²) in [5, 5.41) is 11.5. The first kappa shape index (κ1) is 30.9. The number of likely N-dealkylation sites (N-methyl/N-ethyl adjacent to an activating group) is 1. The molecule has 0 bridgehead atoms. The number of hydrogen-bond acceptors (Lipinski definition) is 8. The van der Waals surface area contributed by atoms with Crippen molar-refractivity contribution in [2.24, 2.45) is 5.92 Å². The van der Waals surface area contributed by atoms with Crippen LogP contribution in [0.4, 0.5) is 10.6 Å². The lowest BCUT2D eigenvalue weighted by Crippen LogP contribution is -2.51. The Morgan fingerprint density at radius 1 is 1.00 bits per heavy atom. The summed E-state index contributed by atoms with van der Waals surface area (Å²) in [6, 6.07) is 18.0. The Labute approximate surface area is 236 Å². The van der Waals surface area contributed by atoms with E-state index in [4.69, 9.17) is 15.2 Å². The third-order valence-electron chi connectivity index (χ3n) is 6.38. The van der Waals surface area contributed by atoms with Crippen molar-refractivity contribution < 1.29 is 27.8 Å². The highest BCUT2D eigenvalue weighted by Crippen LogP contribution is 2.23. The van der Waals surface area contributed by atoms with Crippen LogP contribution in [0.2, 0.25) is 0 Å². The lowest BCUT2D eigenvalue weighted by atomic mass is 10.00. The molecule has 3 rings (SSSR count). The smallest absolute Gasteiger partial charge is 0.410 e. The first-order valence-electron chi connectivity index (χ1n) is 13.0. The van der Waals surface area contributed by atoms with Crippen LogP contribution in [0.5, 0.6) is 5.75 Å². The average Bonchev–Trinajstić information content (AvgIpc) is 2.95. The number of aliphatic hydroxyl groups is 1. The van der Waals surface area contributed by atoms with Crippen LogP contribution in [0.25, 0.3) is 0 Å². The van der Waals surface area contributed by atoms with Gasteiger partial charge in [0.05, 0.1) is 24.2 Å². The fourth-order valence-corrected chi connectivity index (χ4v) is 5.82. The zero-order valence-corrected chi connectivity index (χ0v) is 24.1. The van der Waals surface area contributed by atoms with Gasteiger partial charge in [0.25, 0.3) is 0 Å². The molecule has 0 radical (unpaired) electrons. The fraction of sp³-hybridized carbons (Fsp3) is 0.379. The number of amides is 1. The Balaban J connectivity index is 1.84. The number of nitrogens with zero attached hydrogens (tertiary/aromatic N) is 3. The fourth-order valence-electron chi connectivity index (χ4n) is 4.20. The second-order valence-corrected chi connectivity index (χ2v) is 11.9. The van der Waals surface area contributed by atoms with Crippen LogP contribution in [0.15, 0.2) is 77.8 Å². The van der Waals surface area contributed by atoms with Crippen molar-refractivity contribution in [2.75, 3.05) is 33.0 Å². The summed E-state index contributed by atoms with van der Waals surface area (Å²) in [6.45, 7) is 3.74. The number of carbonyl (C=O) groups is 1. The standard InChI is InChI=1S/C29H38N4O6S/c1-21(2)18-33(40(36,37)25-13-11-24(38-4)12-14-25)19-27(34)26(16-22-8-6-5-7-9-22)32(3)29(35)39-20-23-10-15-28(30)31-17-23/h5-15,17,21,26-27,34H,16,18-20H2,1-4H3,(H2,30,31)/t26-,27+/m0/s1. The van der Waals surface area contributed by atoms with Crippen molar-refractivity contribution in [1.82, 2.24) is 14.2 Å². The second-order valence-electron chi connectivity index (χ2n) is 9.97. The molecule has 3 N–H and O–H groups in total. The summed E-state index contributed by atoms with van der Waals surface area (Å²) in [4.78, 5) is 18.5. The highest BCUT2D eigenvalue weighted by molar-refractivity contribution is 7.89. The van der Waals surface area contributed by atoms with Crippen molar-refractivity contribution in [3.8, 4) is 5.75 Å². The van der Waals surface area contributed by atoms with Gasteiger partial charge < -0.3 is 25.2 Å². The van der Waals surface area contributed by atoms with E-state index in [0.29, 0.717) is 17.1 Å². The summed E-state index contributed by atoms with van der Waals surface area (Å²) in [5.74, 6) is 0.880. The molecule has 0 unspecified atom stereocenters. The van der Waals surface area contributed by atoms with Gasteiger partial charge in [-0.2, -0.15) is 4.31 Å². The lowest BCUT2D eigenvalue weighted by Gasteiger charge is -2.34. The Hall–Kier alpha value is -3.67. The number of benzene rings is 2. The molecule has 3 aromatic rings. The minimum atomic E-state index is -3.95. The van der Waals surface area contributed by atoms with E-state index in [1.807, 2.05) is 44.2 Å². The predicted molar refractivity (Wildman–Crippen MR) is 153 cm³/mol. The van der Waals surface area contributed by atoms with E-state index in [1.165, 1.54) is 41.7 Å². The highest BCUT2D eigenvalue weighted by atomic mass is 32.2. The van der Waals surface area contributed by atoms with Gasteiger partial charge in [0.2, 0.25) is 10.0 Å². The minimum Gasteiger partial charge on any atom is -0.497 e. The van der Waals surface area contributed by atoms with E-state index in [1.54, 1.807) is 24.3 Å². The van der Waals surface area contributed by atoms with E-state index in [2.05, 4.69) is 4.98 Å². The molecule has 1 amide bonds. The molecule has 0 spiro atoms. The number of methoxy groups -OCH3 is 1. The Morgan fingerprint density at radius 3 is 2.25 bits per heavy atom. The zero-order valence-electron chi connectivity index (χ0n) is 23.3. The van der Waals surface area contributed by atoms with Crippen LogP contribution >= 0.6 is 0 Å². The molecule has 0 fully saturated rings. The number of pyridine rings is 1. The number of aromatic nitrogens is 1. The summed E-state index contributed by atoms with van der Waals surface area (Å²) >= 11 is 0. The molecule has 0 saturated carbocycles. The van der Waals surface area contributed by atoms with Gasteiger partial charge >= 0.3 is 6.09 Å². The van der Waals surface area contributed by atoms with Crippen molar-refractivity contribution in [3.63, 3.8) is 0 Å². The number of sulfonamides is 1. The largest absolute Gasteiger partial charge is 0.497 e. The van der Waals surface area contributed by atoms with E-state index >= 15 is 0 Å². The Kier molecular flexibility index (Phi) is 10.9. The summed E-state index contributed by atoms with van der Waals surface area (Å²) in [5.41, 5.74) is 7.15. The maximum Gasteiger partial charge on any atom is 0.410 e. The van der Waals surface area contributed by atoms with Gasteiger partial charge in [-0.05, 0) is 48.2 Å². The van der Waals surface area contributed by atoms with Crippen molar-refractivity contribution in [2.45, 2.75) is 43.9 Å². The second kappa shape index (κ2) is 14.1. The number of nitrogens with two attached hydrogens (primary N) is 1. The van der Waals surface area contributed by atoms with Gasteiger partial charge in [-0.25, -0.2) is 18.2 Å². The number of carbonyl (C=O) groups excluding carboxylic acids is 1. The molecule has 11 heteroatoms. The third kappa shape index (κ3) is 8.41. The van der Waals surface area contributed by atoms with Gasteiger partial charge in [-0.3, -0.25) is 0 Å². The number of anilines is 1. The number of hydrogen-bond donors (Lipinski definition) is 2. The van der Waals surface area contributed by atoms with Crippen LogP contribution in [0.3, 0.4) is 0 Å². The molecule has 2 aromatic carbocycles. The zero-order chi connectivity index (χ0) is 29.3. The van der Waals surface area contributed by atoms with Gasteiger partial charge in [0, 0.05) is 31.9 Å². The van der Waals surface area contributed by atoms with Crippen LogP contribution in [0.1, 0.15) is 25.0 Å². The molecule has 40 heavy (non-hydrogen) atoms. The number of aliphatic hydroxyl groups excluding tert-OH is 1. The topological polar surface area (TPSA) is 135 Å². The third-order valence-corrected chi connectivity index (χ3v) is 8.23. The van der Waals surface area contributed by atoms with Gasteiger partial charge in [0.15, 0.2) is 0 Å². The Bertz CT molecular complexity index is 1320. The molecule has 1 aromatic heterocycles. The molecule has 10 nitrogen and oxygen atoms in total. The van der Waals surface area contributed by atoms with Crippen molar-refractivity contribution in [1.29, 1.82) is 0 Å².